The van der Waals surface area contributed by atoms with Gasteiger partial charge in [0, 0.05) is 17.6 Å². The van der Waals surface area contributed by atoms with Crippen LogP contribution in [-0.4, -0.2) is 16.4 Å². The molecule has 1 aliphatic carbocycles. The number of aromatic nitrogens is 2. The van der Waals surface area contributed by atoms with E-state index in [0.717, 1.165) is 18.2 Å². The number of benzene rings is 1. The molecule has 0 aliphatic heterocycles. The summed E-state index contributed by atoms with van der Waals surface area (Å²) in [6.45, 7) is -2.83. The third-order valence-electron chi connectivity index (χ3n) is 3.74. The number of alkyl halides is 2. The van der Waals surface area contributed by atoms with Gasteiger partial charge in [-0.15, -0.1) is 0 Å². The van der Waals surface area contributed by atoms with Crippen molar-refractivity contribution in [1.29, 1.82) is 0 Å². The highest BCUT2D eigenvalue weighted by Gasteiger charge is 2.18. The lowest BCUT2D eigenvalue weighted by molar-refractivity contribution is -0.0502. The molecule has 2 aromatic rings. The fraction of sp³-hybridized carbons (Fsp3) is 0.500. The maximum atomic E-state index is 12.3. The summed E-state index contributed by atoms with van der Waals surface area (Å²) in [7, 11) is 0. The summed E-state index contributed by atoms with van der Waals surface area (Å²) < 4.78 is 31.6. The van der Waals surface area contributed by atoms with Gasteiger partial charge in [-0.25, -0.2) is 0 Å². The van der Waals surface area contributed by atoms with Crippen molar-refractivity contribution >= 4 is 26.8 Å². The van der Waals surface area contributed by atoms with E-state index in [4.69, 9.17) is 0 Å². The topological polar surface area (TPSA) is 27.1 Å². The predicted octanol–water partition coefficient (Wildman–Crippen LogP) is 4.91. The van der Waals surface area contributed by atoms with Crippen molar-refractivity contribution in [3.8, 4) is 5.75 Å². The van der Waals surface area contributed by atoms with E-state index in [1.54, 1.807) is 12.1 Å². The average molecular weight is 345 g/mol. The van der Waals surface area contributed by atoms with Gasteiger partial charge in [0.1, 0.15) is 5.75 Å². The first-order chi connectivity index (χ1) is 9.63. The molecule has 3 rings (SSSR count). The zero-order valence-corrected chi connectivity index (χ0v) is 12.4. The van der Waals surface area contributed by atoms with Crippen molar-refractivity contribution in [1.82, 2.24) is 9.78 Å². The predicted molar refractivity (Wildman–Crippen MR) is 76.2 cm³/mol. The van der Waals surface area contributed by atoms with Gasteiger partial charge in [-0.1, -0.05) is 19.3 Å². The monoisotopic (exact) mass is 344 g/mol. The molecule has 0 unspecified atom stereocenters. The molecule has 0 spiro atoms. The van der Waals surface area contributed by atoms with Crippen LogP contribution in [0.5, 0.6) is 5.75 Å². The molecule has 108 valence electrons. The molecular formula is C14H15BrF2N2O. The summed E-state index contributed by atoms with van der Waals surface area (Å²) in [5.74, 6) is 0.126. The molecule has 6 heteroatoms. The normalized spacial score (nSPS) is 17.0. The lowest BCUT2D eigenvalue weighted by Crippen LogP contribution is -2.12. The molecule has 1 aromatic carbocycles. The summed E-state index contributed by atoms with van der Waals surface area (Å²) in [6, 6.07) is 3.76. The Labute approximate surface area is 124 Å². The minimum Gasteiger partial charge on any atom is -0.434 e. The van der Waals surface area contributed by atoms with Crippen molar-refractivity contribution in [2.24, 2.45) is 0 Å². The Morgan fingerprint density at radius 3 is 2.70 bits per heavy atom. The Hall–Kier alpha value is -1.17. The van der Waals surface area contributed by atoms with Gasteiger partial charge in [0.15, 0.2) is 0 Å². The van der Waals surface area contributed by atoms with Crippen molar-refractivity contribution in [2.75, 3.05) is 0 Å². The van der Waals surface area contributed by atoms with Crippen LogP contribution in [0.1, 0.15) is 38.1 Å². The van der Waals surface area contributed by atoms with E-state index in [1.165, 1.54) is 19.3 Å². The zero-order chi connectivity index (χ0) is 14.1. The molecule has 3 nitrogen and oxygen atoms in total. The van der Waals surface area contributed by atoms with E-state index in [2.05, 4.69) is 25.8 Å². The van der Waals surface area contributed by atoms with E-state index in [-0.39, 0.29) is 5.75 Å². The highest BCUT2D eigenvalue weighted by molar-refractivity contribution is 9.10. The van der Waals surface area contributed by atoms with Crippen LogP contribution in [-0.2, 0) is 0 Å². The lowest BCUT2D eigenvalue weighted by atomic mass is 9.96. The summed E-state index contributed by atoms with van der Waals surface area (Å²) in [5.41, 5.74) is 0.689. The molecule has 0 saturated heterocycles. The zero-order valence-electron chi connectivity index (χ0n) is 10.9. The second-order valence-corrected chi connectivity index (χ2v) is 5.98. The first-order valence-corrected chi connectivity index (χ1v) is 7.56. The van der Waals surface area contributed by atoms with Crippen LogP contribution in [0.25, 0.3) is 10.9 Å². The number of fused-ring (bicyclic) bond motifs is 1. The molecule has 0 bridgehead atoms. The van der Waals surface area contributed by atoms with Gasteiger partial charge in [-0.05, 0) is 34.8 Å². The van der Waals surface area contributed by atoms with E-state index >= 15 is 0 Å². The van der Waals surface area contributed by atoms with Crippen LogP contribution in [0, 0.1) is 0 Å². The van der Waals surface area contributed by atoms with Crippen LogP contribution in [0.3, 0.4) is 0 Å². The molecule has 1 fully saturated rings. The minimum atomic E-state index is -2.83. The fourth-order valence-electron chi connectivity index (χ4n) is 2.76. The highest BCUT2D eigenvalue weighted by Crippen LogP contribution is 2.33. The van der Waals surface area contributed by atoms with Crippen LogP contribution in [0.4, 0.5) is 8.78 Å². The van der Waals surface area contributed by atoms with Gasteiger partial charge in [0.05, 0.1) is 16.0 Å². The largest absolute Gasteiger partial charge is 0.434 e. The number of hydrogen-bond acceptors (Lipinski definition) is 2. The molecule has 1 heterocycles. The summed E-state index contributed by atoms with van der Waals surface area (Å²) in [6.07, 6.45) is 8.00. The first-order valence-electron chi connectivity index (χ1n) is 6.77. The average Bonchev–Trinajstić information content (AvgIpc) is 2.82. The molecule has 1 aliphatic rings. The molecular weight excluding hydrogens is 330 g/mol. The Morgan fingerprint density at radius 1 is 1.25 bits per heavy atom. The van der Waals surface area contributed by atoms with Gasteiger partial charge >= 0.3 is 6.61 Å². The maximum Gasteiger partial charge on any atom is 0.387 e. The minimum absolute atomic E-state index is 0.126. The van der Waals surface area contributed by atoms with Crippen molar-refractivity contribution in [3.05, 3.63) is 22.8 Å². The number of nitrogens with zero attached hydrogens (tertiary/aromatic N) is 2. The van der Waals surface area contributed by atoms with Crippen LogP contribution < -0.4 is 4.74 Å². The molecule has 0 amide bonds. The smallest absolute Gasteiger partial charge is 0.387 e. The van der Waals surface area contributed by atoms with Crippen LogP contribution >= 0.6 is 15.9 Å². The number of halogens is 3. The quantitative estimate of drug-likeness (QED) is 0.791. The van der Waals surface area contributed by atoms with Gasteiger partial charge in [-0.3, -0.25) is 4.68 Å². The number of rotatable bonds is 3. The van der Waals surface area contributed by atoms with Crippen LogP contribution in [0.2, 0.25) is 0 Å². The number of hydrogen-bond donors (Lipinski definition) is 0. The Bertz CT molecular complexity index is 608. The summed E-state index contributed by atoms with van der Waals surface area (Å²) in [5, 5.41) is 5.45. The summed E-state index contributed by atoms with van der Waals surface area (Å²) >= 11 is 3.26. The fourth-order valence-corrected chi connectivity index (χ4v) is 3.22. The van der Waals surface area contributed by atoms with E-state index < -0.39 is 6.61 Å². The van der Waals surface area contributed by atoms with E-state index in [0.29, 0.717) is 16.0 Å². The second kappa shape index (κ2) is 5.68. The lowest BCUT2D eigenvalue weighted by Gasteiger charge is -2.21. The maximum absolute atomic E-state index is 12.3. The molecule has 1 saturated carbocycles. The van der Waals surface area contributed by atoms with Crippen molar-refractivity contribution in [3.63, 3.8) is 0 Å². The molecule has 0 radical (unpaired) electrons. The SMILES string of the molecule is FC(F)Oc1cc2nn(C3CCCCC3)cc2cc1Br. The Kier molecular flexibility index (Phi) is 3.92. The third-order valence-corrected chi connectivity index (χ3v) is 4.36. The van der Waals surface area contributed by atoms with E-state index in [1.807, 2.05) is 10.9 Å². The molecule has 1 aromatic heterocycles. The molecule has 0 N–H and O–H groups in total. The van der Waals surface area contributed by atoms with Crippen molar-refractivity contribution in [2.45, 2.75) is 44.8 Å². The summed E-state index contributed by atoms with van der Waals surface area (Å²) in [4.78, 5) is 0. The molecule has 20 heavy (non-hydrogen) atoms. The van der Waals surface area contributed by atoms with Crippen molar-refractivity contribution < 1.29 is 13.5 Å². The second-order valence-electron chi connectivity index (χ2n) is 5.12. The standard InChI is InChI=1S/C14H15BrF2N2O/c15-11-6-9-8-19(10-4-2-1-3-5-10)18-12(9)7-13(11)20-14(16)17/h6-8,10,14H,1-5H2. The third kappa shape index (κ3) is 2.80. The van der Waals surface area contributed by atoms with E-state index in [9.17, 15) is 8.78 Å². The first kappa shape index (κ1) is 13.8. The van der Waals surface area contributed by atoms with Gasteiger partial charge in [-0.2, -0.15) is 13.9 Å². The molecule has 0 atom stereocenters. The van der Waals surface area contributed by atoms with Gasteiger partial charge < -0.3 is 4.74 Å². The highest BCUT2D eigenvalue weighted by atomic mass is 79.9. The van der Waals surface area contributed by atoms with Crippen LogP contribution in [0.15, 0.2) is 22.8 Å². The Balaban J connectivity index is 1.93. The van der Waals surface area contributed by atoms with Gasteiger partial charge in [0.2, 0.25) is 0 Å². The van der Waals surface area contributed by atoms with Gasteiger partial charge in [0.25, 0.3) is 0 Å². The Morgan fingerprint density at radius 2 is 2.00 bits per heavy atom. The number of ether oxygens (including phenoxy) is 1.